The molecular formula is C12H20O2. The molecule has 2 heteroatoms. The van der Waals surface area contributed by atoms with E-state index in [2.05, 4.69) is 19.6 Å². The highest BCUT2D eigenvalue weighted by Crippen LogP contribution is 2.25. The molecule has 0 radical (unpaired) electrons. The van der Waals surface area contributed by atoms with Crippen molar-refractivity contribution in [3.05, 3.63) is 24.3 Å². The molecular weight excluding hydrogens is 176 g/mol. The number of ether oxygens (including phenoxy) is 1. The quantitative estimate of drug-likeness (QED) is 0.541. The Morgan fingerprint density at radius 1 is 1.79 bits per heavy atom. The van der Waals surface area contributed by atoms with Gasteiger partial charge in [0, 0.05) is 0 Å². The van der Waals surface area contributed by atoms with Crippen LogP contribution in [0.5, 0.6) is 0 Å². The summed E-state index contributed by atoms with van der Waals surface area (Å²) in [6.07, 6.45) is 7.61. The fourth-order valence-corrected chi connectivity index (χ4v) is 1.71. The Morgan fingerprint density at radius 2 is 2.57 bits per heavy atom. The SMILES string of the molecule is C=CC(O)OCCC1CC=C(C)CC1. The first-order valence-electron chi connectivity index (χ1n) is 5.30. The molecule has 0 spiro atoms. The summed E-state index contributed by atoms with van der Waals surface area (Å²) in [4.78, 5) is 0. The van der Waals surface area contributed by atoms with E-state index in [9.17, 15) is 0 Å². The van der Waals surface area contributed by atoms with E-state index in [0.717, 1.165) is 12.3 Å². The smallest absolute Gasteiger partial charge is 0.173 e. The molecule has 1 N–H and O–H groups in total. The summed E-state index contributed by atoms with van der Waals surface area (Å²) in [5.74, 6) is 0.732. The molecule has 1 rings (SSSR count). The van der Waals surface area contributed by atoms with Crippen molar-refractivity contribution in [2.75, 3.05) is 6.61 Å². The van der Waals surface area contributed by atoms with Gasteiger partial charge in [0.1, 0.15) is 0 Å². The molecule has 0 saturated carbocycles. The van der Waals surface area contributed by atoms with E-state index in [1.807, 2.05) is 0 Å². The normalized spacial score (nSPS) is 24.1. The topological polar surface area (TPSA) is 29.5 Å². The molecule has 0 heterocycles. The van der Waals surface area contributed by atoms with E-state index < -0.39 is 6.29 Å². The molecule has 2 nitrogen and oxygen atoms in total. The minimum atomic E-state index is -0.795. The second-order valence-corrected chi connectivity index (χ2v) is 3.98. The van der Waals surface area contributed by atoms with Gasteiger partial charge in [-0.3, -0.25) is 0 Å². The van der Waals surface area contributed by atoms with Crippen LogP contribution < -0.4 is 0 Å². The molecule has 2 atom stereocenters. The molecule has 0 saturated heterocycles. The first kappa shape index (κ1) is 11.5. The maximum Gasteiger partial charge on any atom is 0.173 e. The van der Waals surface area contributed by atoms with Crippen LogP contribution in [-0.4, -0.2) is 18.0 Å². The number of aliphatic hydroxyl groups excluding tert-OH is 1. The van der Waals surface area contributed by atoms with Crippen LogP contribution in [0.15, 0.2) is 24.3 Å². The molecule has 80 valence electrons. The third-order valence-corrected chi connectivity index (χ3v) is 2.76. The van der Waals surface area contributed by atoms with E-state index in [-0.39, 0.29) is 0 Å². The molecule has 1 aliphatic carbocycles. The third kappa shape index (κ3) is 4.07. The average molecular weight is 196 g/mol. The second-order valence-electron chi connectivity index (χ2n) is 3.98. The Kier molecular flexibility index (Phi) is 4.91. The summed E-state index contributed by atoms with van der Waals surface area (Å²) in [6.45, 7) is 6.27. The zero-order valence-electron chi connectivity index (χ0n) is 8.91. The molecule has 0 aromatic heterocycles. The number of rotatable bonds is 5. The van der Waals surface area contributed by atoms with E-state index in [4.69, 9.17) is 9.84 Å². The van der Waals surface area contributed by atoms with E-state index in [1.165, 1.54) is 30.9 Å². The molecule has 0 bridgehead atoms. The third-order valence-electron chi connectivity index (χ3n) is 2.76. The molecule has 0 amide bonds. The monoisotopic (exact) mass is 196 g/mol. The predicted octanol–water partition coefficient (Wildman–Crippen LogP) is 2.64. The lowest BCUT2D eigenvalue weighted by Crippen LogP contribution is -2.13. The molecule has 2 unspecified atom stereocenters. The van der Waals surface area contributed by atoms with Gasteiger partial charge in [0.15, 0.2) is 6.29 Å². The van der Waals surface area contributed by atoms with Crippen molar-refractivity contribution in [2.24, 2.45) is 5.92 Å². The number of hydrogen-bond acceptors (Lipinski definition) is 2. The first-order chi connectivity index (χ1) is 6.72. The number of hydrogen-bond donors (Lipinski definition) is 1. The Labute approximate surface area is 86.3 Å². The highest BCUT2D eigenvalue weighted by Gasteiger charge is 2.12. The van der Waals surface area contributed by atoms with Gasteiger partial charge in [-0.2, -0.15) is 0 Å². The van der Waals surface area contributed by atoms with Crippen LogP contribution in [0.3, 0.4) is 0 Å². The summed E-state index contributed by atoms with van der Waals surface area (Å²) in [5.41, 5.74) is 1.51. The van der Waals surface area contributed by atoms with Crippen LogP contribution in [0.25, 0.3) is 0 Å². The van der Waals surface area contributed by atoms with Crippen molar-refractivity contribution in [1.29, 1.82) is 0 Å². The van der Waals surface area contributed by atoms with Crippen molar-refractivity contribution >= 4 is 0 Å². The minimum Gasteiger partial charge on any atom is -0.365 e. The number of allylic oxidation sites excluding steroid dienone is 2. The highest BCUT2D eigenvalue weighted by atomic mass is 16.6. The summed E-state index contributed by atoms with van der Waals surface area (Å²) >= 11 is 0. The van der Waals surface area contributed by atoms with Gasteiger partial charge in [0.2, 0.25) is 0 Å². The van der Waals surface area contributed by atoms with Crippen LogP contribution in [0, 0.1) is 5.92 Å². The zero-order chi connectivity index (χ0) is 10.4. The van der Waals surface area contributed by atoms with Crippen LogP contribution >= 0.6 is 0 Å². The largest absolute Gasteiger partial charge is 0.365 e. The molecule has 1 aliphatic rings. The van der Waals surface area contributed by atoms with E-state index in [0.29, 0.717) is 6.61 Å². The van der Waals surface area contributed by atoms with Gasteiger partial charge in [0.25, 0.3) is 0 Å². The van der Waals surface area contributed by atoms with Crippen LogP contribution in [-0.2, 0) is 4.74 Å². The van der Waals surface area contributed by atoms with Crippen LogP contribution in [0.4, 0.5) is 0 Å². The Balaban J connectivity index is 2.11. The second kappa shape index (κ2) is 5.99. The zero-order valence-corrected chi connectivity index (χ0v) is 8.91. The molecule has 0 aromatic carbocycles. The summed E-state index contributed by atoms with van der Waals surface area (Å²) in [5, 5.41) is 9.08. The van der Waals surface area contributed by atoms with Crippen LogP contribution in [0.1, 0.15) is 32.6 Å². The lowest BCUT2D eigenvalue weighted by atomic mass is 9.88. The van der Waals surface area contributed by atoms with Crippen LogP contribution in [0.2, 0.25) is 0 Å². The summed E-state index contributed by atoms with van der Waals surface area (Å²) in [7, 11) is 0. The maximum atomic E-state index is 9.08. The van der Waals surface area contributed by atoms with Crippen molar-refractivity contribution in [1.82, 2.24) is 0 Å². The fourth-order valence-electron chi connectivity index (χ4n) is 1.71. The maximum absolute atomic E-state index is 9.08. The van der Waals surface area contributed by atoms with Gasteiger partial charge in [-0.05, 0) is 44.6 Å². The first-order valence-corrected chi connectivity index (χ1v) is 5.30. The van der Waals surface area contributed by atoms with Gasteiger partial charge in [0.05, 0.1) is 6.61 Å². The van der Waals surface area contributed by atoms with Crippen molar-refractivity contribution in [2.45, 2.75) is 38.9 Å². The highest BCUT2D eigenvalue weighted by molar-refractivity contribution is 5.02. The lowest BCUT2D eigenvalue weighted by Gasteiger charge is -2.20. The van der Waals surface area contributed by atoms with Gasteiger partial charge in [-0.15, -0.1) is 0 Å². The van der Waals surface area contributed by atoms with E-state index >= 15 is 0 Å². The van der Waals surface area contributed by atoms with Gasteiger partial charge in [-0.25, -0.2) is 0 Å². The van der Waals surface area contributed by atoms with Gasteiger partial charge < -0.3 is 9.84 Å². The van der Waals surface area contributed by atoms with Gasteiger partial charge >= 0.3 is 0 Å². The average Bonchev–Trinajstić information content (AvgIpc) is 2.21. The van der Waals surface area contributed by atoms with Crippen molar-refractivity contribution in [3.63, 3.8) is 0 Å². The summed E-state index contributed by atoms with van der Waals surface area (Å²) in [6, 6.07) is 0. The Bertz CT molecular complexity index is 208. The summed E-state index contributed by atoms with van der Waals surface area (Å²) < 4.78 is 5.14. The Morgan fingerprint density at radius 3 is 3.14 bits per heavy atom. The fraction of sp³-hybridized carbons (Fsp3) is 0.667. The standard InChI is InChI=1S/C12H20O2/c1-3-12(13)14-9-8-11-6-4-10(2)5-7-11/h3-4,11-13H,1,5-9H2,2H3. The Hall–Kier alpha value is -0.600. The molecule has 14 heavy (non-hydrogen) atoms. The molecule has 0 aliphatic heterocycles. The lowest BCUT2D eigenvalue weighted by molar-refractivity contribution is -0.0677. The van der Waals surface area contributed by atoms with Crippen molar-refractivity contribution < 1.29 is 9.84 Å². The van der Waals surface area contributed by atoms with E-state index in [1.54, 1.807) is 0 Å². The van der Waals surface area contributed by atoms with Gasteiger partial charge in [-0.1, -0.05) is 18.2 Å². The number of aliphatic hydroxyl groups is 1. The minimum absolute atomic E-state index is 0.630. The molecule has 0 aromatic rings. The molecule has 0 fully saturated rings. The van der Waals surface area contributed by atoms with Crippen molar-refractivity contribution in [3.8, 4) is 0 Å². The predicted molar refractivity (Wildman–Crippen MR) is 57.9 cm³/mol.